The largest absolute Gasteiger partial charge is 0.394 e. The molecule has 326 valence electrons. The third-order valence-corrected chi connectivity index (χ3v) is 10.5. The Kier molecular flexibility index (Phi) is 33.7. The van der Waals surface area contributed by atoms with Crippen LogP contribution in [0, 0.1) is 0 Å². The maximum absolute atomic E-state index is 13.0. The molecule has 1 amide bonds. The van der Waals surface area contributed by atoms with Crippen LogP contribution in [-0.2, 0) is 14.3 Å². The number of amides is 1. The molecule has 1 heterocycles. The Hall–Kier alpha value is -1.89. The highest BCUT2D eigenvalue weighted by Gasteiger charge is 2.44. The fourth-order valence-electron chi connectivity index (χ4n) is 6.74. The topological polar surface area (TPSA) is 169 Å². The van der Waals surface area contributed by atoms with Crippen molar-refractivity contribution in [1.29, 1.82) is 0 Å². The number of ether oxygens (including phenoxy) is 2. The van der Waals surface area contributed by atoms with E-state index in [0.29, 0.717) is 12.8 Å². The minimum absolute atomic E-state index is 0.290. The summed E-state index contributed by atoms with van der Waals surface area (Å²) in [6.45, 7) is 3.54. The number of carbonyl (C=O) groups is 1. The lowest BCUT2D eigenvalue weighted by Gasteiger charge is -2.40. The molecule has 10 heteroatoms. The van der Waals surface area contributed by atoms with Gasteiger partial charge in [0.25, 0.3) is 0 Å². The molecular weight excluding hydrogens is 711 g/mol. The van der Waals surface area contributed by atoms with E-state index in [4.69, 9.17) is 9.47 Å². The van der Waals surface area contributed by atoms with E-state index < -0.39 is 61.5 Å². The number of carbonyl (C=O) groups excluding carboxylic acids is 1. The molecule has 7 N–H and O–H groups in total. The molecular formula is C46H83NO9. The molecule has 8 atom stereocenters. The molecule has 0 aliphatic carbocycles. The molecule has 56 heavy (non-hydrogen) atoms. The van der Waals surface area contributed by atoms with Gasteiger partial charge in [-0.25, -0.2) is 0 Å². The van der Waals surface area contributed by atoms with Gasteiger partial charge in [-0.15, -0.1) is 0 Å². The number of nitrogens with one attached hydrogen (secondary N) is 1. The smallest absolute Gasteiger partial charge is 0.249 e. The van der Waals surface area contributed by atoms with Gasteiger partial charge in [0.1, 0.15) is 30.5 Å². The Labute approximate surface area is 340 Å². The lowest BCUT2D eigenvalue weighted by molar-refractivity contribution is -0.302. The zero-order chi connectivity index (χ0) is 41.1. The first-order valence-corrected chi connectivity index (χ1v) is 22.5. The lowest BCUT2D eigenvalue weighted by Crippen LogP contribution is -2.60. The van der Waals surface area contributed by atoms with Crippen LogP contribution < -0.4 is 5.32 Å². The quantitative estimate of drug-likeness (QED) is 0.0245. The summed E-state index contributed by atoms with van der Waals surface area (Å²) in [7, 11) is 0. The predicted molar refractivity (Wildman–Crippen MR) is 227 cm³/mol. The van der Waals surface area contributed by atoms with Crippen molar-refractivity contribution < 1.29 is 44.9 Å². The van der Waals surface area contributed by atoms with Gasteiger partial charge < -0.3 is 45.4 Å². The van der Waals surface area contributed by atoms with E-state index in [2.05, 4.69) is 55.6 Å². The molecule has 0 saturated carbocycles. The molecule has 8 unspecified atom stereocenters. The number of hydrogen-bond donors (Lipinski definition) is 7. The van der Waals surface area contributed by atoms with Crippen molar-refractivity contribution in [3.63, 3.8) is 0 Å². The minimum Gasteiger partial charge on any atom is -0.394 e. The second kappa shape index (κ2) is 36.2. The zero-order valence-corrected chi connectivity index (χ0v) is 35.2. The van der Waals surface area contributed by atoms with Crippen molar-refractivity contribution in [3.8, 4) is 0 Å². The Morgan fingerprint density at radius 1 is 0.625 bits per heavy atom. The van der Waals surface area contributed by atoms with Crippen molar-refractivity contribution in [2.45, 2.75) is 223 Å². The van der Waals surface area contributed by atoms with Gasteiger partial charge in [-0.05, 0) is 64.2 Å². The SMILES string of the molecule is CCCCC/C=C\C/C=C\CCCCCCCCC(O)C(=O)NC(COC1OC(CO)C(O)C(O)C1O)C(O)/C=C/CC/C=C/CCCCCCCCCCC. The van der Waals surface area contributed by atoms with Crippen LogP contribution >= 0.6 is 0 Å². The Morgan fingerprint density at radius 2 is 1.11 bits per heavy atom. The number of aliphatic hydroxyl groups excluding tert-OH is 6. The summed E-state index contributed by atoms with van der Waals surface area (Å²) >= 11 is 0. The molecule has 10 nitrogen and oxygen atoms in total. The van der Waals surface area contributed by atoms with E-state index in [1.165, 1.54) is 83.5 Å². The summed E-state index contributed by atoms with van der Waals surface area (Å²) in [5.74, 6) is -0.637. The van der Waals surface area contributed by atoms with Crippen LogP contribution in [0.4, 0.5) is 0 Å². The predicted octanol–water partition coefficient (Wildman–Crippen LogP) is 8.03. The van der Waals surface area contributed by atoms with Gasteiger partial charge in [0.05, 0.1) is 25.4 Å². The zero-order valence-electron chi connectivity index (χ0n) is 35.2. The molecule has 0 aromatic rings. The molecule has 0 bridgehead atoms. The highest BCUT2D eigenvalue weighted by atomic mass is 16.7. The summed E-state index contributed by atoms with van der Waals surface area (Å²) in [5.41, 5.74) is 0. The molecule has 1 fully saturated rings. The number of allylic oxidation sites excluding steroid dienone is 7. The molecule has 1 aliphatic heterocycles. The van der Waals surface area contributed by atoms with Crippen LogP contribution in [0.3, 0.4) is 0 Å². The Bertz CT molecular complexity index is 1030. The van der Waals surface area contributed by atoms with Gasteiger partial charge in [-0.3, -0.25) is 4.79 Å². The van der Waals surface area contributed by atoms with E-state index in [1.807, 2.05) is 6.08 Å². The van der Waals surface area contributed by atoms with Gasteiger partial charge in [-0.1, -0.05) is 159 Å². The average molecular weight is 794 g/mol. The third kappa shape index (κ3) is 26.2. The minimum atomic E-state index is -1.62. The maximum atomic E-state index is 13.0. The van der Waals surface area contributed by atoms with Gasteiger partial charge in [0.2, 0.25) is 5.91 Å². The van der Waals surface area contributed by atoms with Gasteiger partial charge in [0.15, 0.2) is 6.29 Å². The molecule has 1 aliphatic rings. The molecule has 1 saturated heterocycles. The van der Waals surface area contributed by atoms with Crippen LogP contribution in [0.25, 0.3) is 0 Å². The van der Waals surface area contributed by atoms with Crippen molar-refractivity contribution in [2.24, 2.45) is 0 Å². The molecule has 1 rings (SSSR count). The van der Waals surface area contributed by atoms with Gasteiger partial charge in [-0.2, -0.15) is 0 Å². The standard InChI is InChI=1S/C46H83NO9/c1-3-5-7-9-11-13-15-17-19-21-23-25-27-29-31-33-35-40(50)45(54)47-38(37-55-46-44(53)43(52)42(51)41(36-48)56-46)39(49)34-32-30-28-26-24-22-20-18-16-14-12-10-8-6-4-2/h11,13,17,19,24,26,32,34,38-44,46,48-53H,3-10,12,14-16,18,20-23,25,27-31,33,35-37H2,1-2H3,(H,47,54)/b13-11-,19-17-,26-24+,34-32+. The summed E-state index contributed by atoms with van der Waals surface area (Å²) in [4.78, 5) is 13.0. The highest BCUT2D eigenvalue weighted by molar-refractivity contribution is 5.80. The highest BCUT2D eigenvalue weighted by Crippen LogP contribution is 2.22. The second-order valence-corrected chi connectivity index (χ2v) is 15.6. The van der Waals surface area contributed by atoms with Crippen LogP contribution in [0.2, 0.25) is 0 Å². The summed E-state index contributed by atoms with van der Waals surface area (Å²) in [6.07, 6.45) is 34.8. The summed E-state index contributed by atoms with van der Waals surface area (Å²) in [6, 6.07) is -1.00. The number of hydrogen-bond acceptors (Lipinski definition) is 9. The van der Waals surface area contributed by atoms with Crippen molar-refractivity contribution in [3.05, 3.63) is 48.6 Å². The average Bonchev–Trinajstić information content (AvgIpc) is 3.20. The van der Waals surface area contributed by atoms with Crippen LogP contribution in [0.15, 0.2) is 48.6 Å². The van der Waals surface area contributed by atoms with Gasteiger partial charge >= 0.3 is 0 Å². The number of aliphatic hydroxyl groups is 6. The van der Waals surface area contributed by atoms with Crippen LogP contribution in [0.1, 0.15) is 174 Å². The lowest BCUT2D eigenvalue weighted by atomic mass is 9.99. The third-order valence-electron chi connectivity index (χ3n) is 10.5. The van der Waals surface area contributed by atoms with E-state index in [0.717, 1.165) is 57.8 Å². The first-order chi connectivity index (χ1) is 27.3. The Balaban J connectivity index is 2.48. The molecule has 0 aromatic carbocycles. The molecule has 0 radical (unpaired) electrons. The van der Waals surface area contributed by atoms with E-state index >= 15 is 0 Å². The first-order valence-electron chi connectivity index (χ1n) is 22.5. The summed E-state index contributed by atoms with van der Waals surface area (Å²) < 4.78 is 11.1. The van der Waals surface area contributed by atoms with Crippen molar-refractivity contribution in [2.75, 3.05) is 13.2 Å². The van der Waals surface area contributed by atoms with Gasteiger partial charge in [0, 0.05) is 0 Å². The molecule has 0 aromatic heterocycles. The second-order valence-electron chi connectivity index (χ2n) is 15.6. The normalized spacial score (nSPS) is 22.2. The summed E-state index contributed by atoms with van der Waals surface area (Å²) in [5, 5.41) is 64.6. The van der Waals surface area contributed by atoms with Crippen LogP contribution in [0.5, 0.6) is 0 Å². The fourth-order valence-corrected chi connectivity index (χ4v) is 6.74. The van der Waals surface area contributed by atoms with Crippen molar-refractivity contribution in [1.82, 2.24) is 5.32 Å². The first kappa shape index (κ1) is 52.1. The number of rotatable bonds is 36. The van der Waals surface area contributed by atoms with E-state index in [-0.39, 0.29) is 13.0 Å². The Morgan fingerprint density at radius 3 is 1.70 bits per heavy atom. The number of unbranched alkanes of at least 4 members (excludes halogenated alkanes) is 19. The fraction of sp³-hybridized carbons (Fsp3) is 0.804. The maximum Gasteiger partial charge on any atom is 0.249 e. The van der Waals surface area contributed by atoms with E-state index in [9.17, 15) is 35.4 Å². The monoisotopic (exact) mass is 794 g/mol. The van der Waals surface area contributed by atoms with Crippen molar-refractivity contribution >= 4 is 5.91 Å². The molecule has 0 spiro atoms. The van der Waals surface area contributed by atoms with Crippen LogP contribution in [-0.4, -0.2) is 98.7 Å². The van der Waals surface area contributed by atoms with E-state index in [1.54, 1.807) is 6.08 Å².